The third-order valence-corrected chi connectivity index (χ3v) is 1.81. The number of ether oxygens (including phenoxy) is 1. The number of nitrogens with zero attached hydrogens (tertiary/aromatic N) is 2. The maximum Gasteiger partial charge on any atom is 0.341 e. The molecule has 0 saturated heterocycles. The van der Waals surface area contributed by atoms with Gasteiger partial charge in [0.15, 0.2) is 0 Å². The van der Waals surface area contributed by atoms with Gasteiger partial charge < -0.3 is 10.1 Å². The zero-order valence-corrected chi connectivity index (χ0v) is 8.00. The van der Waals surface area contributed by atoms with E-state index in [0.717, 1.165) is 5.69 Å². The first kappa shape index (κ1) is 9.73. The Morgan fingerprint density at radius 3 is 3.00 bits per heavy atom. The van der Waals surface area contributed by atoms with E-state index < -0.39 is 0 Å². The fourth-order valence-corrected chi connectivity index (χ4v) is 1.12. The van der Waals surface area contributed by atoms with Crippen molar-refractivity contribution in [3.05, 3.63) is 17.5 Å². The number of aromatic nitrogens is 2. The van der Waals surface area contributed by atoms with E-state index >= 15 is 0 Å². The predicted octanol–water partition coefficient (Wildman–Crippen LogP) is -0.0739. The van der Waals surface area contributed by atoms with E-state index in [-0.39, 0.29) is 5.97 Å². The van der Waals surface area contributed by atoms with E-state index in [1.165, 1.54) is 13.3 Å². The summed E-state index contributed by atoms with van der Waals surface area (Å²) in [6.45, 7) is 0.598. The van der Waals surface area contributed by atoms with Gasteiger partial charge in [0, 0.05) is 13.6 Å². The topological polar surface area (TPSA) is 56.1 Å². The molecule has 0 fully saturated rings. The van der Waals surface area contributed by atoms with Crippen molar-refractivity contribution >= 4 is 5.97 Å². The predicted molar refractivity (Wildman–Crippen MR) is 47.3 cm³/mol. The molecular weight excluding hydrogens is 170 g/mol. The summed E-state index contributed by atoms with van der Waals surface area (Å²) in [7, 11) is 4.96. The quantitative estimate of drug-likeness (QED) is 0.666. The number of nitrogens with one attached hydrogen (secondary N) is 1. The Morgan fingerprint density at radius 2 is 2.46 bits per heavy atom. The molecule has 0 amide bonds. The van der Waals surface area contributed by atoms with Gasteiger partial charge in [-0.05, 0) is 7.05 Å². The van der Waals surface area contributed by atoms with Gasteiger partial charge in [0.25, 0.3) is 0 Å². The van der Waals surface area contributed by atoms with Crippen molar-refractivity contribution in [2.45, 2.75) is 6.54 Å². The molecule has 0 atom stereocenters. The highest BCUT2D eigenvalue weighted by Gasteiger charge is 2.15. The van der Waals surface area contributed by atoms with Crippen LogP contribution in [0, 0.1) is 0 Å². The van der Waals surface area contributed by atoms with Gasteiger partial charge in [0.05, 0.1) is 19.0 Å². The number of esters is 1. The molecule has 0 unspecified atom stereocenters. The highest BCUT2D eigenvalue weighted by molar-refractivity contribution is 5.90. The third-order valence-electron chi connectivity index (χ3n) is 1.81. The van der Waals surface area contributed by atoms with Crippen LogP contribution in [0.25, 0.3) is 0 Å². The Bertz CT molecular complexity index is 306. The lowest BCUT2D eigenvalue weighted by molar-refractivity contribution is 0.0599. The van der Waals surface area contributed by atoms with E-state index in [1.807, 2.05) is 7.05 Å². The van der Waals surface area contributed by atoms with Crippen LogP contribution in [0.5, 0.6) is 0 Å². The molecular formula is C8H13N3O2. The molecule has 1 N–H and O–H groups in total. The summed E-state index contributed by atoms with van der Waals surface area (Å²) in [6, 6.07) is 0. The summed E-state index contributed by atoms with van der Waals surface area (Å²) in [5, 5.41) is 6.94. The van der Waals surface area contributed by atoms with Crippen LogP contribution in [-0.4, -0.2) is 29.9 Å². The van der Waals surface area contributed by atoms with Gasteiger partial charge in [-0.3, -0.25) is 4.68 Å². The maximum atomic E-state index is 11.2. The molecule has 0 aromatic carbocycles. The molecule has 1 heterocycles. The van der Waals surface area contributed by atoms with Gasteiger partial charge in [-0.2, -0.15) is 5.10 Å². The fraction of sp³-hybridized carbons (Fsp3) is 0.500. The molecule has 0 aliphatic rings. The standard InChI is InChI=1S/C8H13N3O2/c1-9-5-7-6(8(12)13-3)4-10-11(7)2/h4,9H,5H2,1-3H3. The van der Waals surface area contributed by atoms with Crippen LogP contribution in [0.3, 0.4) is 0 Å². The van der Waals surface area contributed by atoms with Gasteiger partial charge in [0.1, 0.15) is 5.56 Å². The Hall–Kier alpha value is -1.36. The number of methoxy groups -OCH3 is 1. The first-order chi connectivity index (χ1) is 6.20. The van der Waals surface area contributed by atoms with Crippen molar-refractivity contribution in [1.82, 2.24) is 15.1 Å². The molecule has 0 aliphatic heterocycles. The van der Waals surface area contributed by atoms with Gasteiger partial charge in [0.2, 0.25) is 0 Å². The highest BCUT2D eigenvalue weighted by atomic mass is 16.5. The van der Waals surface area contributed by atoms with E-state index in [0.29, 0.717) is 12.1 Å². The Kier molecular flexibility index (Phi) is 3.02. The average molecular weight is 183 g/mol. The molecule has 5 heteroatoms. The van der Waals surface area contributed by atoms with Crippen LogP contribution in [-0.2, 0) is 18.3 Å². The van der Waals surface area contributed by atoms with Crippen molar-refractivity contribution in [3.8, 4) is 0 Å². The molecule has 0 bridgehead atoms. The van der Waals surface area contributed by atoms with E-state index in [2.05, 4.69) is 15.2 Å². The number of hydrogen-bond donors (Lipinski definition) is 1. The largest absolute Gasteiger partial charge is 0.465 e. The number of carbonyl (C=O) groups excluding carboxylic acids is 1. The van der Waals surface area contributed by atoms with Crippen molar-refractivity contribution in [2.24, 2.45) is 7.05 Å². The lowest BCUT2D eigenvalue weighted by Gasteiger charge is -2.03. The van der Waals surface area contributed by atoms with E-state index in [4.69, 9.17) is 0 Å². The minimum absolute atomic E-state index is 0.349. The van der Waals surface area contributed by atoms with Crippen LogP contribution in [0.2, 0.25) is 0 Å². The monoisotopic (exact) mass is 183 g/mol. The zero-order chi connectivity index (χ0) is 9.84. The minimum Gasteiger partial charge on any atom is -0.465 e. The zero-order valence-electron chi connectivity index (χ0n) is 8.00. The molecule has 5 nitrogen and oxygen atoms in total. The Balaban J connectivity index is 2.99. The fourth-order valence-electron chi connectivity index (χ4n) is 1.12. The van der Waals surface area contributed by atoms with Crippen LogP contribution >= 0.6 is 0 Å². The lowest BCUT2D eigenvalue weighted by Crippen LogP contribution is -2.14. The van der Waals surface area contributed by atoms with Gasteiger partial charge in [-0.15, -0.1) is 0 Å². The second-order valence-corrected chi connectivity index (χ2v) is 2.65. The van der Waals surface area contributed by atoms with Gasteiger partial charge in [-0.1, -0.05) is 0 Å². The summed E-state index contributed by atoms with van der Waals surface area (Å²) < 4.78 is 6.27. The molecule has 0 radical (unpaired) electrons. The molecule has 1 aromatic heterocycles. The first-order valence-electron chi connectivity index (χ1n) is 3.94. The number of rotatable bonds is 3. The minimum atomic E-state index is -0.349. The molecule has 13 heavy (non-hydrogen) atoms. The molecule has 0 aliphatic carbocycles. The Labute approximate surface area is 76.7 Å². The number of hydrogen-bond acceptors (Lipinski definition) is 4. The first-order valence-corrected chi connectivity index (χ1v) is 3.94. The molecule has 72 valence electrons. The van der Waals surface area contributed by atoms with Crippen LogP contribution in [0.4, 0.5) is 0 Å². The second kappa shape index (κ2) is 4.04. The van der Waals surface area contributed by atoms with Crippen LogP contribution < -0.4 is 5.32 Å². The van der Waals surface area contributed by atoms with E-state index in [1.54, 1.807) is 11.7 Å². The average Bonchev–Trinajstić information content (AvgIpc) is 2.48. The summed E-state index contributed by atoms with van der Waals surface area (Å²) >= 11 is 0. The summed E-state index contributed by atoms with van der Waals surface area (Å²) in [5.41, 5.74) is 1.34. The highest BCUT2D eigenvalue weighted by Crippen LogP contribution is 2.08. The smallest absolute Gasteiger partial charge is 0.341 e. The number of carbonyl (C=O) groups is 1. The van der Waals surface area contributed by atoms with Gasteiger partial charge in [-0.25, -0.2) is 4.79 Å². The van der Waals surface area contributed by atoms with Crippen molar-refractivity contribution in [3.63, 3.8) is 0 Å². The number of aryl methyl sites for hydroxylation is 1. The molecule has 1 rings (SSSR count). The lowest BCUT2D eigenvalue weighted by atomic mass is 10.2. The molecule has 1 aromatic rings. The molecule has 0 saturated carbocycles. The summed E-state index contributed by atoms with van der Waals surface area (Å²) in [5.74, 6) is -0.349. The van der Waals surface area contributed by atoms with Crippen molar-refractivity contribution in [1.29, 1.82) is 0 Å². The normalized spacial score (nSPS) is 10.1. The van der Waals surface area contributed by atoms with Crippen LogP contribution in [0.15, 0.2) is 6.20 Å². The van der Waals surface area contributed by atoms with Crippen molar-refractivity contribution in [2.75, 3.05) is 14.2 Å². The Morgan fingerprint density at radius 1 is 1.77 bits per heavy atom. The second-order valence-electron chi connectivity index (χ2n) is 2.65. The third kappa shape index (κ3) is 1.86. The summed E-state index contributed by atoms with van der Waals surface area (Å²) in [4.78, 5) is 11.2. The van der Waals surface area contributed by atoms with Crippen molar-refractivity contribution < 1.29 is 9.53 Å². The van der Waals surface area contributed by atoms with Crippen LogP contribution in [0.1, 0.15) is 16.1 Å². The van der Waals surface area contributed by atoms with E-state index in [9.17, 15) is 4.79 Å². The molecule has 0 spiro atoms. The maximum absolute atomic E-state index is 11.2. The SMILES string of the molecule is CNCc1c(C(=O)OC)cnn1C. The van der Waals surface area contributed by atoms with Gasteiger partial charge >= 0.3 is 5.97 Å². The summed E-state index contributed by atoms with van der Waals surface area (Å²) in [6.07, 6.45) is 1.51.